The first-order chi connectivity index (χ1) is 10.7. The van der Waals surface area contributed by atoms with Crippen LogP contribution in [-0.2, 0) is 19.1 Å². The number of rotatable bonds is 14. The molecule has 22 heavy (non-hydrogen) atoms. The largest absolute Gasteiger partial charge is 0.466 e. The maximum atomic E-state index is 11.9. The second-order valence-electron chi connectivity index (χ2n) is 5.80. The van der Waals surface area contributed by atoms with Crippen molar-refractivity contribution in [1.29, 1.82) is 0 Å². The van der Waals surface area contributed by atoms with E-state index in [-0.39, 0.29) is 17.9 Å². The van der Waals surface area contributed by atoms with E-state index in [1.54, 1.807) is 0 Å². The van der Waals surface area contributed by atoms with Crippen molar-refractivity contribution < 1.29 is 19.1 Å². The normalized spacial score (nSPS) is 12.0. The van der Waals surface area contributed by atoms with Crippen molar-refractivity contribution in [3.8, 4) is 0 Å². The van der Waals surface area contributed by atoms with Gasteiger partial charge in [-0.2, -0.15) is 0 Å². The van der Waals surface area contributed by atoms with Crippen molar-refractivity contribution in [2.24, 2.45) is 5.92 Å². The average molecular weight is 314 g/mol. The summed E-state index contributed by atoms with van der Waals surface area (Å²) in [5.41, 5.74) is 0. The Morgan fingerprint density at radius 1 is 0.818 bits per heavy atom. The van der Waals surface area contributed by atoms with Gasteiger partial charge < -0.3 is 9.47 Å². The van der Waals surface area contributed by atoms with Gasteiger partial charge in [0.05, 0.1) is 19.1 Å². The monoisotopic (exact) mass is 314 g/mol. The molecule has 0 radical (unpaired) electrons. The standard InChI is InChI=1S/C18H34O4/c1-4-7-14-21-17(19)13-11-9-10-12-16(6-3)18(20)22-15-8-5-2/h16H,4-15H2,1-3H3. The summed E-state index contributed by atoms with van der Waals surface area (Å²) in [6.07, 6.45) is 8.88. The zero-order chi connectivity index (χ0) is 16.6. The molecule has 0 aromatic rings. The van der Waals surface area contributed by atoms with Gasteiger partial charge in [0, 0.05) is 6.42 Å². The lowest BCUT2D eigenvalue weighted by molar-refractivity contribution is -0.149. The third kappa shape index (κ3) is 11.6. The Balaban J connectivity index is 3.65. The molecule has 4 nitrogen and oxygen atoms in total. The fraction of sp³-hybridized carbons (Fsp3) is 0.889. The molecule has 0 rings (SSSR count). The van der Waals surface area contributed by atoms with Crippen molar-refractivity contribution in [1.82, 2.24) is 0 Å². The highest BCUT2D eigenvalue weighted by Gasteiger charge is 2.17. The van der Waals surface area contributed by atoms with E-state index in [0.717, 1.165) is 57.8 Å². The lowest BCUT2D eigenvalue weighted by Crippen LogP contribution is -2.17. The van der Waals surface area contributed by atoms with E-state index in [2.05, 4.69) is 13.8 Å². The van der Waals surface area contributed by atoms with E-state index < -0.39 is 0 Å². The summed E-state index contributed by atoms with van der Waals surface area (Å²) in [4.78, 5) is 23.3. The van der Waals surface area contributed by atoms with Crippen LogP contribution < -0.4 is 0 Å². The Morgan fingerprint density at radius 2 is 1.45 bits per heavy atom. The van der Waals surface area contributed by atoms with E-state index in [4.69, 9.17) is 9.47 Å². The molecule has 0 bridgehead atoms. The van der Waals surface area contributed by atoms with Crippen LogP contribution in [0.5, 0.6) is 0 Å². The number of esters is 2. The van der Waals surface area contributed by atoms with Crippen LogP contribution in [0.15, 0.2) is 0 Å². The maximum Gasteiger partial charge on any atom is 0.308 e. The molecule has 0 aliphatic carbocycles. The molecule has 0 aromatic carbocycles. The molecule has 0 N–H and O–H groups in total. The molecule has 0 heterocycles. The second-order valence-corrected chi connectivity index (χ2v) is 5.80. The highest BCUT2D eigenvalue weighted by molar-refractivity contribution is 5.72. The van der Waals surface area contributed by atoms with Crippen LogP contribution in [0, 0.1) is 5.92 Å². The van der Waals surface area contributed by atoms with Crippen molar-refractivity contribution in [2.75, 3.05) is 13.2 Å². The minimum atomic E-state index is -0.0977. The molecule has 4 heteroatoms. The van der Waals surface area contributed by atoms with E-state index in [0.29, 0.717) is 19.6 Å². The summed E-state index contributed by atoms with van der Waals surface area (Å²) in [5.74, 6) is -0.150. The van der Waals surface area contributed by atoms with Crippen LogP contribution in [0.25, 0.3) is 0 Å². The average Bonchev–Trinajstić information content (AvgIpc) is 2.51. The Bertz CT molecular complexity index is 289. The lowest BCUT2D eigenvalue weighted by Gasteiger charge is -2.13. The molecule has 0 amide bonds. The summed E-state index contributed by atoms with van der Waals surface area (Å²) in [6.45, 7) is 7.26. The summed E-state index contributed by atoms with van der Waals surface area (Å²) >= 11 is 0. The van der Waals surface area contributed by atoms with Gasteiger partial charge >= 0.3 is 11.9 Å². The van der Waals surface area contributed by atoms with E-state index in [1.165, 1.54) is 0 Å². The molecule has 0 saturated heterocycles. The van der Waals surface area contributed by atoms with E-state index in [9.17, 15) is 9.59 Å². The lowest BCUT2D eigenvalue weighted by atomic mass is 9.98. The predicted octanol–water partition coefficient (Wildman–Crippen LogP) is 4.65. The van der Waals surface area contributed by atoms with Gasteiger partial charge in [-0.15, -0.1) is 0 Å². The molecule has 1 unspecified atom stereocenters. The number of ether oxygens (including phenoxy) is 2. The summed E-state index contributed by atoms with van der Waals surface area (Å²) in [7, 11) is 0. The number of hydrogen-bond donors (Lipinski definition) is 0. The summed E-state index contributed by atoms with van der Waals surface area (Å²) < 4.78 is 10.4. The SMILES string of the molecule is CCCCOC(=O)CCCCCC(CC)C(=O)OCCCC. The molecular formula is C18H34O4. The highest BCUT2D eigenvalue weighted by Crippen LogP contribution is 2.16. The molecule has 0 aliphatic heterocycles. The fourth-order valence-electron chi connectivity index (χ4n) is 2.16. The Morgan fingerprint density at radius 3 is 2.05 bits per heavy atom. The maximum absolute atomic E-state index is 11.9. The quantitative estimate of drug-likeness (QED) is 0.346. The minimum Gasteiger partial charge on any atom is -0.466 e. The molecule has 1 atom stereocenters. The van der Waals surface area contributed by atoms with Gasteiger partial charge in [-0.25, -0.2) is 0 Å². The third-order valence-corrected chi connectivity index (χ3v) is 3.76. The van der Waals surface area contributed by atoms with Gasteiger partial charge in [0.15, 0.2) is 0 Å². The van der Waals surface area contributed by atoms with Crippen molar-refractivity contribution >= 4 is 11.9 Å². The van der Waals surface area contributed by atoms with Crippen LogP contribution in [-0.4, -0.2) is 25.2 Å². The molecule has 0 saturated carbocycles. The zero-order valence-electron chi connectivity index (χ0n) is 14.7. The Hall–Kier alpha value is -1.06. The smallest absolute Gasteiger partial charge is 0.308 e. The fourth-order valence-corrected chi connectivity index (χ4v) is 2.16. The van der Waals surface area contributed by atoms with E-state index >= 15 is 0 Å². The highest BCUT2D eigenvalue weighted by atomic mass is 16.5. The molecule has 130 valence electrons. The number of carbonyl (C=O) groups is 2. The molecule has 0 fully saturated rings. The van der Waals surface area contributed by atoms with Crippen molar-refractivity contribution in [2.45, 2.75) is 85.0 Å². The van der Waals surface area contributed by atoms with Crippen LogP contribution in [0.3, 0.4) is 0 Å². The molecule has 0 aliphatic rings. The van der Waals surface area contributed by atoms with Crippen LogP contribution in [0.1, 0.15) is 85.0 Å². The predicted molar refractivity (Wildman–Crippen MR) is 88.6 cm³/mol. The third-order valence-electron chi connectivity index (χ3n) is 3.76. The Labute approximate surface area is 135 Å². The number of unbranched alkanes of at least 4 members (excludes halogenated alkanes) is 4. The molecule has 0 aromatic heterocycles. The minimum absolute atomic E-state index is 0.00774. The topological polar surface area (TPSA) is 52.6 Å². The first-order valence-corrected chi connectivity index (χ1v) is 8.97. The first kappa shape index (κ1) is 20.9. The number of carbonyl (C=O) groups excluding carboxylic acids is 2. The second kappa shape index (κ2) is 14.9. The van der Waals surface area contributed by atoms with Crippen molar-refractivity contribution in [3.05, 3.63) is 0 Å². The van der Waals surface area contributed by atoms with Crippen LogP contribution in [0.2, 0.25) is 0 Å². The van der Waals surface area contributed by atoms with Gasteiger partial charge in [0.1, 0.15) is 0 Å². The van der Waals surface area contributed by atoms with Crippen LogP contribution >= 0.6 is 0 Å². The van der Waals surface area contributed by atoms with Gasteiger partial charge in [0.25, 0.3) is 0 Å². The molecular weight excluding hydrogens is 280 g/mol. The zero-order valence-corrected chi connectivity index (χ0v) is 14.7. The first-order valence-electron chi connectivity index (χ1n) is 8.97. The van der Waals surface area contributed by atoms with Gasteiger partial charge in [-0.1, -0.05) is 46.5 Å². The summed E-state index contributed by atoms with van der Waals surface area (Å²) in [6, 6.07) is 0. The molecule has 0 spiro atoms. The van der Waals surface area contributed by atoms with Crippen molar-refractivity contribution in [3.63, 3.8) is 0 Å². The van der Waals surface area contributed by atoms with Crippen LogP contribution in [0.4, 0.5) is 0 Å². The van der Waals surface area contributed by atoms with E-state index in [1.807, 2.05) is 6.92 Å². The Kier molecular flexibility index (Phi) is 14.1. The summed E-state index contributed by atoms with van der Waals surface area (Å²) in [5, 5.41) is 0. The van der Waals surface area contributed by atoms with Gasteiger partial charge in [-0.05, 0) is 32.1 Å². The van der Waals surface area contributed by atoms with Gasteiger partial charge in [0.2, 0.25) is 0 Å². The number of hydrogen-bond acceptors (Lipinski definition) is 4. The van der Waals surface area contributed by atoms with Gasteiger partial charge in [-0.3, -0.25) is 9.59 Å².